The molecule has 0 spiro atoms. The van der Waals surface area contributed by atoms with Crippen LogP contribution in [0.5, 0.6) is 0 Å². The van der Waals surface area contributed by atoms with E-state index < -0.39 is 0 Å². The lowest BCUT2D eigenvalue weighted by Gasteiger charge is -2.26. The summed E-state index contributed by atoms with van der Waals surface area (Å²) < 4.78 is 4.85. The molecule has 1 N–H and O–H groups in total. The van der Waals surface area contributed by atoms with Gasteiger partial charge in [-0.1, -0.05) is 15.9 Å². The molecule has 52 valence electrons. The van der Waals surface area contributed by atoms with Gasteiger partial charge < -0.3 is 10.1 Å². The summed E-state index contributed by atoms with van der Waals surface area (Å²) in [4.78, 5) is 10.6. The van der Waals surface area contributed by atoms with Crippen molar-refractivity contribution in [3.8, 4) is 0 Å². The van der Waals surface area contributed by atoms with Crippen molar-refractivity contribution in [2.75, 3.05) is 18.5 Å². The summed E-state index contributed by atoms with van der Waals surface area (Å²) in [6.45, 7) is 1.33. The quantitative estimate of drug-likeness (QED) is 0.623. The fraction of sp³-hybridized carbons (Fsp3) is 0.800. The van der Waals surface area contributed by atoms with Crippen molar-refractivity contribution in [2.45, 2.75) is 6.04 Å². The number of carbonyl (C=O) groups is 1. The van der Waals surface area contributed by atoms with Crippen molar-refractivity contribution in [2.24, 2.45) is 0 Å². The van der Waals surface area contributed by atoms with Gasteiger partial charge in [0.05, 0.1) is 24.6 Å². The van der Waals surface area contributed by atoms with Gasteiger partial charge in [0.15, 0.2) is 0 Å². The van der Waals surface area contributed by atoms with E-state index in [2.05, 4.69) is 21.2 Å². The van der Waals surface area contributed by atoms with E-state index in [1.807, 2.05) is 0 Å². The molecule has 0 aromatic carbocycles. The Bertz CT molecular complexity index is 114. The Morgan fingerprint density at radius 2 is 2.44 bits per heavy atom. The summed E-state index contributed by atoms with van der Waals surface area (Å²) in [7, 11) is 0. The number of hydrogen-bond donors (Lipinski definition) is 1. The van der Waals surface area contributed by atoms with Crippen LogP contribution in [0.2, 0.25) is 0 Å². The SMILES string of the molecule is O=C(CBr)NC1COC1. The molecule has 0 aromatic rings. The molecule has 1 saturated heterocycles. The van der Waals surface area contributed by atoms with Crippen LogP contribution in [0.15, 0.2) is 0 Å². The maximum Gasteiger partial charge on any atom is 0.231 e. The van der Waals surface area contributed by atoms with E-state index in [1.165, 1.54) is 0 Å². The number of rotatable bonds is 2. The number of amides is 1. The van der Waals surface area contributed by atoms with Crippen LogP contribution in [0.3, 0.4) is 0 Å². The number of carbonyl (C=O) groups excluding carboxylic acids is 1. The zero-order chi connectivity index (χ0) is 6.69. The van der Waals surface area contributed by atoms with Crippen molar-refractivity contribution >= 4 is 21.8 Å². The van der Waals surface area contributed by atoms with Gasteiger partial charge in [0.25, 0.3) is 0 Å². The van der Waals surface area contributed by atoms with Crippen molar-refractivity contribution < 1.29 is 9.53 Å². The van der Waals surface area contributed by atoms with Gasteiger partial charge >= 0.3 is 0 Å². The topological polar surface area (TPSA) is 38.3 Å². The lowest BCUT2D eigenvalue weighted by molar-refractivity contribution is -0.122. The fourth-order valence-corrected chi connectivity index (χ4v) is 0.747. The maximum absolute atomic E-state index is 10.6. The lowest BCUT2D eigenvalue weighted by atomic mass is 10.2. The molecule has 1 aliphatic heterocycles. The number of nitrogens with one attached hydrogen (secondary N) is 1. The number of ether oxygens (including phenoxy) is 1. The molecule has 3 nitrogen and oxygen atoms in total. The van der Waals surface area contributed by atoms with Gasteiger partial charge in [-0.25, -0.2) is 0 Å². The second-order valence-electron chi connectivity index (χ2n) is 1.94. The van der Waals surface area contributed by atoms with Gasteiger partial charge in [0.2, 0.25) is 5.91 Å². The fourth-order valence-electron chi connectivity index (χ4n) is 0.585. The molecule has 0 aliphatic carbocycles. The van der Waals surface area contributed by atoms with Crippen LogP contribution in [-0.2, 0) is 9.53 Å². The minimum Gasteiger partial charge on any atom is -0.377 e. The Labute approximate surface area is 61.9 Å². The molecule has 1 heterocycles. The summed E-state index contributed by atoms with van der Waals surface area (Å²) >= 11 is 3.04. The van der Waals surface area contributed by atoms with Gasteiger partial charge in [-0.2, -0.15) is 0 Å². The lowest BCUT2D eigenvalue weighted by Crippen LogP contribution is -2.48. The van der Waals surface area contributed by atoms with Crippen LogP contribution in [0.25, 0.3) is 0 Å². The van der Waals surface area contributed by atoms with Crippen molar-refractivity contribution in [1.29, 1.82) is 0 Å². The van der Waals surface area contributed by atoms with Crippen LogP contribution in [0, 0.1) is 0 Å². The summed E-state index contributed by atoms with van der Waals surface area (Å²) in [5.41, 5.74) is 0. The highest BCUT2D eigenvalue weighted by atomic mass is 79.9. The van der Waals surface area contributed by atoms with E-state index in [-0.39, 0.29) is 11.9 Å². The van der Waals surface area contributed by atoms with E-state index >= 15 is 0 Å². The Morgan fingerprint density at radius 1 is 1.78 bits per heavy atom. The van der Waals surface area contributed by atoms with E-state index in [1.54, 1.807) is 0 Å². The smallest absolute Gasteiger partial charge is 0.231 e. The number of hydrogen-bond acceptors (Lipinski definition) is 2. The average Bonchev–Trinajstić information content (AvgIpc) is 1.78. The molecule has 0 aromatic heterocycles. The minimum atomic E-state index is 0.0308. The van der Waals surface area contributed by atoms with Crippen LogP contribution >= 0.6 is 15.9 Å². The predicted octanol–water partition coefficient (Wildman–Crippen LogP) is -0.104. The van der Waals surface area contributed by atoms with E-state index in [0.717, 1.165) is 0 Å². The Balaban J connectivity index is 2.09. The summed E-state index contributed by atoms with van der Waals surface area (Å²) in [5, 5.41) is 3.13. The molecule has 4 heteroatoms. The highest BCUT2D eigenvalue weighted by Crippen LogP contribution is 1.98. The monoisotopic (exact) mass is 193 g/mol. The highest BCUT2D eigenvalue weighted by Gasteiger charge is 2.19. The molecule has 0 unspecified atom stereocenters. The Hall–Kier alpha value is -0.0900. The first-order chi connectivity index (χ1) is 4.33. The zero-order valence-corrected chi connectivity index (χ0v) is 6.48. The second kappa shape index (κ2) is 3.17. The van der Waals surface area contributed by atoms with Gasteiger partial charge in [-0.3, -0.25) is 4.79 Å². The van der Waals surface area contributed by atoms with E-state index in [9.17, 15) is 4.79 Å². The van der Waals surface area contributed by atoms with E-state index in [4.69, 9.17) is 4.74 Å². The molecule has 0 radical (unpaired) electrons. The second-order valence-corrected chi connectivity index (χ2v) is 2.50. The molecule has 9 heavy (non-hydrogen) atoms. The minimum absolute atomic E-state index is 0.0308. The third kappa shape index (κ3) is 1.95. The Kier molecular flexibility index (Phi) is 2.48. The molecule has 0 saturated carbocycles. The number of halogens is 1. The van der Waals surface area contributed by atoms with Gasteiger partial charge in [0, 0.05) is 0 Å². The Morgan fingerprint density at radius 3 is 2.78 bits per heavy atom. The highest BCUT2D eigenvalue weighted by molar-refractivity contribution is 9.09. The number of alkyl halides is 1. The van der Waals surface area contributed by atoms with Crippen molar-refractivity contribution in [1.82, 2.24) is 5.32 Å². The largest absolute Gasteiger partial charge is 0.377 e. The third-order valence-corrected chi connectivity index (χ3v) is 1.63. The van der Waals surface area contributed by atoms with Crippen LogP contribution in [0.1, 0.15) is 0 Å². The molecule has 1 aliphatic rings. The maximum atomic E-state index is 10.6. The molecular formula is C5H8BrNO2. The van der Waals surface area contributed by atoms with Gasteiger partial charge in [-0.05, 0) is 0 Å². The third-order valence-electron chi connectivity index (χ3n) is 1.12. The molecule has 0 bridgehead atoms. The van der Waals surface area contributed by atoms with Gasteiger partial charge in [-0.15, -0.1) is 0 Å². The van der Waals surface area contributed by atoms with E-state index in [0.29, 0.717) is 18.5 Å². The summed E-state index contributed by atoms with van der Waals surface area (Å²) in [6.07, 6.45) is 0. The average molecular weight is 194 g/mol. The normalized spacial score (nSPS) is 18.8. The first kappa shape index (κ1) is 7.02. The molecule has 1 fully saturated rings. The van der Waals surface area contributed by atoms with Gasteiger partial charge in [0.1, 0.15) is 0 Å². The molecule has 1 amide bonds. The molecule has 1 rings (SSSR count). The van der Waals surface area contributed by atoms with Crippen molar-refractivity contribution in [3.05, 3.63) is 0 Å². The predicted molar refractivity (Wildman–Crippen MR) is 36.5 cm³/mol. The van der Waals surface area contributed by atoms with Crippen LogP contribution in [0.4, 0.5) is 0 Å². The molecule has 0 atom stereocenters. The first-order valence-electron chi connectivity index (χ1n) is 2.76. The first-order valence-corrected chi connectivity index (χ1v) is 3.88. The van der Waals surface area contributed by atoms with Crippen molar-refractivity contribution in [3.63, 3.8) is 0 Å². The standard InChI is InChI=1S/C5H8BrNO2/c6-1-5(8)7-4-2-9-3-4/h4H,1-3H2,(H,7,8). The summed E-state index contributed by atoms with van der Waals surface area (Å²) in [5.74, 6) is 0.0308. The zero-order valence-electron chi connectivity index (χ0n) is 4.89. The summed E-state index contributed by atoms with van der Waals surface area (Å²) in [6, 6.07) is 0.259. The van der Waals surface area contributed by atoms with Crippen LogP contribution in [-0.4, -0.2) is 30.5 Å². The van der Waals surface area contributed by atoms with Crippen LogP contribution < -0.4 is 5.32 Å². The molecular weight excluding hydrogens is 186 g/mol.